The first-order valence-electron chi connectivity index (χ1n) is 8.97. The molecule has 1 N–H and O–H groups in total. The third kappa shape index (κ3) is 3.94. The van der Waals surface area contributed by atoms with Gasteiger partial charge in [-0.2, -0.15) is 5.10 Å². The van der Waals surface area contributed by atoms with Crippen LogP contribution in [-0.4, -0.2) is 24.7 Å². The third-order valence-electron chi connectivity index (χ3n) is 5.16. The highest BCUT2D eigenvalue weighted by Gasteiger charge is 2.28. The van der Waals surface area contributed by atoms with Crippen molar-refractivity contribution in [2.45, 2.75) is 33.2 Å². The average Bonchev–Trinajstić information content (AvgIpc) is 2.62. The Bertz CT molecular complexity index is 1010. The predicted molar refractivity (Wildman–Crippen MR) is 119 cm³/mol. The highest BCUT2D eigenvalue weighted by atomic mass is 35.5. The fourth-order valence-corrected chi connectivity index (χ4v) is 3.62. The summed E-state index contributed by atoms with van der Waals surface area (Å²) in [5.41, 5.74) is 8.54. The van der Waals surface area contributed by atoms with E-state index in [1.807, 2.05) is 6.92 Å². The van der Waals surface area contributed by atoms with Gasteiger partial charge in [0.25, 0.3) is 5.91 Å². The summed E-state index contributed by atoms with van der Waals surface area (Å²) in [6, 6.07) is 8.98. The number of nitrogens with zero attached hydrogens (tertiary/aromatic N) is 2. The Morgan fingerprint density at radius 2 is 1.86 bits per heavy atom. The summed E-state index contributed by atoms with van der Waals surface area (Å²) in [5, 5.41) is 4.86. The summed E-state index contributed by atoms with van der Waals surface area (Å²) in [5.74, 6) is -0.344. The number of carbonyl (C=O) groups excluding carboxylic acids is 1. The molecule has 2 aromatic rings. The monoisotopic (exact) mass is 415 g/mol. The second kappa shape index (κ2) is 7.61. The van der Waals surface area contributed by atoms with Gasteiger partial charge in [-0.25, -0.2) is 5.43 Å². The summed E-state index contributed by atoms with van der Waals surface area (Å²) >= 11 is 11.8. The van der Waals surface area contributed by atoms with Crippen molar-refractivity contribution in [3.8, 4) is 0 Å². The minimum atomic E-state index is -0.344. The van der Waals surface area contributed by atoms with Crippen molar-refractivity contribution < 1.29 is 4.79 Å². The first-order chi connectivity index (χ1) is 13.1. The lowest BCUT2D eigenvalue weighted by molar-refractivity contribution is 0.0955. The molecule has 0 unspecified atom stereocenters. The number of aryl methyl sites for hydroxylation is 1. The number of anilines is 1. The molecule has 0 radical (unpaired) electrons. The minimum Gasteiger partial charge on any atom is -0.365 e. The number of hydrogen-bond acceptors (Lipinski definition) is 3. The van der Waals surface area contributed by atoms with Crippen LogP contribution in [0.1, 0.15) is 47.8 Å². The van der Waals surface area contributed by atoms with Crippen LogP contribution in [0.3, 0.4) is 0 Å². The fraction of sp³-hybridized carbons (Fsp3) is 0.273. The summed E-state index contributed by atoms with van der Waals surface area (Å²) in [6.07, 6.45) is 3.93. The number of hydrazone groups is 1. The second-order valence-corrected chi connectivity index (χ2v) is 8.41. The quantitative estimate of drug-likeness (QED) is 0.516. The molecule has 0 atom stereocenters. The highest BCUT2D eigenvalue weighted by Crippen LogP contribution is 2.38. The Morgan fingerprint density at radius 3 is 2.54 bits per heavy atom. The van der Waals surface area contributed by atoms with Gasteiger partial charge in [0.15, 0.2) is 0 Å². The standard InChI is InChI=1S/C22H23Cl2N3O/c1-13-8-20-17(14(2)11-22(3,4)27(20)5)9-16(13)12-25-26-21(28)15-6-7-18(23)19(24)10-15/h6-12H,1-5H3,(H,26,28)/b25-12-. The van der Waals surface area contributed by atoms with E-state index in [1.54, 1.807) is 18.3 Å². The van der Waals surface area contributed by atoms with Crippen molar-refractivity contribution in [3.63, 3.8) is 0 Å². The topological polar surface area (TPSA) is 44.7 Å². The molecule has 1 aliphatic heterocycles. The molecule has 0 saturated carbocycles. The van der Waals surface area contributed by atoms with E-state index in [1.165, 1.54) is 22.9 Å². The number of allylic oxidation sites excluding steroid dienone is 1. The number of rotatable bonds is 3. The first kappa shape index (κ1) is 20.4. The Morgan fingerprint density at radius 1 is 1.14 bits per heavy atom. The number of nitrogens with one attached hydrogen (secondary N) is 1. The molecule has 0 fully saturated rings. The Hall–Kier alpha value is -2.30. The maximum absolute atomic E-state index is 12.2. The molecule has 0 aromatic heterocycles. The molecule has 6 heteroatoms. The highest BCUT2D eigenvalue weighted by molar-refractivity contribution is 6.42. The van der Waals surface area contributed by atoms with Gasteiger partial charge in [-0.15, -0.1) is 0 Å². The molecule has 0 saturated heterocycles. The van der Waals surface area contributed by atoms with E-state index in [4.69, 9.17) is 23.2 Å². The summed E-state index contributed by atoms with van der Waals surface area (Å²) in [7, 11) is 2.10. The van der Waals surface area contributed by atoms with Crippen LogP contribution in [0.15, 0.2) is 41.5 Å². The van der Waals surface area contributed by atoms with Crippen LogP contribution in [0.2, 0.25) is 10.0 Å². The molecule has 1 heterocycles. The molecule has 1 aliphatic rings. The van der Waals surface area contributed by atoms with Gasteiger partial charge in [0, 0.05) is 23.9 Å². The lowest BCUT2D eigenvalue weighted by Crippen LogP contribution is -2.42. The zero-order chi connectivity index (χ0) is 20.6. The number of benzene rings is 2. The lowest BCUT2D eigenvalue weighted by Gasteiger charge is -2.41. The van der Waals surface area contributed by atoms with Crippen molar-refractivity contribution in [1.82, 2.24) is 5.43 Å². The van der Waals surface area contributed by atoms with E-state index >= 15 is 0 Å². The van der Waals surface area contributed by atoms with Crippen molar-refractivity contribution in [2.24, 2.45) is 5.10 Å². The van der Waals surface area contributed by atoms with Gasteiger partial charge in [-0.05, 0) is 74.7 Å². The lowest BCUT2D eigenvalue weighted by atomic mass is 9.87. The van der Waals surface area contributed by atoms with Crippen molar-refractivity contribution in [2.75, 3.05) is 11.9 Å². The molecule has 0 bridgehead atoms. The van der Waals surface area contributed by atoms with Crippen molar-refractivity contribution in [1.29, 1.82) is 0 Å². The van der Waals surface area contributed by atoms with E-state index < -0.39 is 0 Å². The molecule has 146 valence electrons. The maximum Gasteiger partial charge on any atom is 0.271 e. The van der Waals surface area contributed by atoms with Crippen LogP contribution in [0.25, 0.3) is 5.57 Å². The maximum atomic E-state index is 12.2. The number of hydrogen-bond donors (Lipinski definition) is 1. The van der Waals surface area contributed by atoms with Crippen LogP contribution in [0.4, 0.5) is 5.69 Å². The molecule has 2 aromatic carbocycles. The number of halogens is 2. The normalized spacial score (nSPS) is 15.4. The Kier molecular flexibility index (Phi) is 5.55. The van der Waals surface area contributed by atoms with Crippen LogP contribution >= 0.6 is 23.2 Å². The minimum absolute atomic E-state index is 0.0348. The summed E-state index contributed by atoms with van der Waals surface area (Å²) < 4.78 is 0. The number of amides is 1. The molecular formula is C22H23Cl2N3O. The molecule has 28 heavy (non-hydrogen) atoms. The van der Waals surface area contributed by atoms with Gasteiger partial charge < -0.3 is 4.90 Å². The first-order valence-corrected chi connectivity index (χ1v) is 9.72. The van der Waals surface area contributed by atoms with Crippen LogP contribution in [0, 0.1) is 6.92 Å². The van der Waals surface area contributed by atoms with Gasteiger partial charge in [0.05, 0.1) is 21.8 Å². The number of likely N-dealkylation sites (N-methyl/N-ethyl adjacent to an activating group) is 1. The van der Waals surface area contributed by atoms with E-state index in [0.717, 1.165) is 11.1 Å². The predicted octanol–water partition coefficient (Wildman–Crippen LogP) is 5.70. The van der Waals surface area contributed by atoms with E-state index in [-0.39, 0.29) is 11.4 Å². The van der Waals surface area contributed by atoms with E-state index in [0.29, 0.717) is 15.6 Å². The average molecular weight is 416 g/mol. The number of fused-ring (bicyclic) bond motifs is 1. The van der Waals surface area contributed by atoms with Gasteiger partial charge >= 0.3 is 0 Å². The fourth-order valence-electron chi connectivity index (χ4n) is 3.32. The van der Waals surface area contributed by atoms with Crippen LogP contribution in [0.5, 0.6) is 0 Å². The Labute approximate surface area is 175 Å². The van der Waals surface area contributed by atoms with E-state index in [9.17, 15) is 4.79 Å². The SMILES string of the molecule is CC1=CC(C)(C)N(C)c2cc(C)c(/C=N\NC(=O)c3ccc(Cl)c(Cl)c3)cc21. The molecule has 0 aliphatic carbocycles. The summed E-state index contributed by atoms with van der Waals surface area (Å²) in [4.78, 5) is 14.5. The molecular weight excluding hydrogens is 393 g/mol. The zero-order valence-corrected chi connectivity index (χ0v) is 18.1. The van der Waals surface area contributed by atoms with Crippen LogP contribution < -0.4 is 10.3 Å². The molecule has 4 nitrogen and oxygen atoms in total. The zero-order valence-electron chi connectivity index (χ0n) is 16.6. The molecule has 1 amide bonds. The molecule has 3 rings (SSSR count). The van der Waals surface area contributed by atoms with Gasteiger partial charge in [0.1, 0.15) is 0 Å². The van der Waals surface area contributed by atoms with Crippen LogP contribution in [-0.2, 0) is 0 Å². The number of carbonyl (C=O) groups is 1. The van der Waals surface area contributed by atoms with Gasteiger partial charge in [-0.1, -0.05) is 29.3 Å². The smallest absolute Gasteiger partial charge is 0.271 e. The van der Waals surface area contributed by atoms with Gasteiger partial charge in [-0.3, -0.25) is 4.79 Å². The van der Waals surface area contributed by atoms with Gasteiger partial charge in [0.2, 0.25) is 0 Å². The Balaban J connectivity index is 1.82. The summed E-state index contributed by atoms with van der Waals surface area (Å²) in [6.45, 7) is 8.55. The third-order valence-corrected chi connectivity index (χ3v) is 5.90. The van der Waals surface area contributed by atoms with Crippen molar-refractivity contribution >= 4 is 46.6 Å². The largest absolute Gasteiger partial charge is 0.365 e. The van der Waals surface area contributed by atoms with Crippen molar-refractivity contribution in [3.05, 3.63) is 68.7 Å². The van der Waals surface area contributed by atoms with E-state index in [2.05, 4.69) is 61.5 Å². The molecule has 0 spiro atoms. The second-order valence-electron chi connectivity index (χ2n) is 7.59.